The van der Waals surface area contributed by atoms with Gasteiger partial charge < -0.3 is 10.1 Å². The Hall–Kier alpha value is -0.510. The molecule has 0 aromatic heterocycles. The normalized spacial score (nSPS) is 14.4. The monoisotopic (exact) mass is 267 g/mol. The standard InChI is InChI=1S/C15H25NOS/c1-5-16-13(3)14-6-8-15(9-7-14)18-12(2)10-11-17-4/h6-9,12-13,16H,5,10-11H2,1-4H3. The van der Waals surface area contributed by atoms with Crippen molar-refractivity contribution in [3.63, 3.8) is 0 Å². The van der Waals surface area contributed by atoms with Crippen LogP contribution in [0.4, 0.5) is 0 Å². The van der Waals surface area contributed by atoms with Crippen molar-refractivity contribution in [2.24, 2.45) is 0 Å². The highest BCUT2D eigenvalue weighted by Crippen LogP contribution is 2.26. The Morgan fingerprint density at radius 1 is 1.22 bits per heavy atom. The van der Waals surface area contributed by atoms with Crippen LogP contribution in [0.15, 0.2) is 29.2 Å². The number of thioether (sulfide) groups is 1. The molecule has 2 unspecified atom stereocenters. The first-order valence-corrected chi connectivity index (χ1v) is 7.54. The summed E-state index contributed by atoms with van der Waals surface area (Å²) in [4.78, 5) is 1.34. The summed E-state index contributed by atoms with van der Waals surface area (Å²) in [5.41, 5.74) is 1.35. The van der Waals surface area contributed by atoms with Gasteiger partial charge in [-0.15, -0.1) is 11.8 Å². The molecule has 0 heterocycles. The minimum absolute atomic E-state index is 0.431. The zero-order valence-corrected chi connectivity index (χ0v) is 12.7. The largest absolute Gasteiger partial charge is 0.385 e. The van der Waals surface area contributed by atoms with Crippen LogP contribution in [-0.2, 0) is 4.74 Å². The highest BCUT2D eigenvalue weighted by atomic mass is 32.2. The third-order valence-electron chi connectivity index (χ3n) is 2.96. The Morgan fingerprint density at radius 3 is 2.44 bits per heavy atom. The summed E-state index contributed by atoms with van der Waals surface area (Å²) in [6, 6.07) is 9.31. The number of methoxy groups -OCH3 is 1. The van der Waals surface area contributed by atoms with Gasteiger partial charge in [-0.25, -0.2) is 0 Å². The van der Waals surface area contributed by atoms with Gasteiger partial charge in [-0.3, -0.25) is 0 Å². The lowest BCUT2D eigenvalue weighted by atomic mass is 10.1. The van der Waals surface area contributed by atoms with Gasteiger partial charge in [0.15, 0.2) is 0 Å². The lowest BCUT2D eigenvalue weighted by molar-refractivity contribution is 0.195. The third-order valence-corrected chi connectivity index (χ3v) is 4.14. The summed E-state index contributed by atoms with van der Waals surface area (Å²) in [6.07, 6.45) is 1.09. The third kappa shape index (κ3) is 5.42. The average Bonchev–Trinajstić information content (AvgIpc) is 2.37. The molecule has 1 aromatic carbocycles. The highest BCUT2D eigenvalue weighted by Gasteiger charge is 2.06. The van der Waals surface area contributed by atoms with E-state index in [0.29, 0.717) is 11.3 Å². The Labute approximate surface area is 116 Å². The van der Waals surface area contributed by atoms with Gasteiger partial charge in [-0.2, -0.15) is 0 Å². The smallest absolute Gasteiger partial charge is 0.0472 e. The van der Waals surface area contributed by atoms with E-state index in [2.05, 4.69) is 50.4 Å². The Morgan fingerprint density at radius 2 is 1.89 bits per heavy atom. The summed E-state index contributed by atoms with van der Waals surface area (Å²) < 4.78 is 5.11. The molecule has 1 rings (SSSR count). The van der Waals surface area contributed by atoms with Crippen molar-refractivity contribution < 1.29 is 4.74 Å². The topological polar surface area (TPSA) is 21.3 Å². The predicted molar refractivity (Wildman–Crippen MR) is 80.3 cm³/mol. The lowest BCUT2D eigenvalue weighted by Gasteiger charge is -2.14. The molecule has 2 nitrogen and oxygen atoms in total. The van der Waals surface area contributed by atoms with Crippen molar-refractivity contribution in [2.45, 2.75) is 43.4 Å². The van der Waals surface area contributed by atoms with E-state index in [4.69, 9.17) is 4.74 Å². The summed E-state index contributed by atoms with van der Waals surface area (Å²) in [5.74, 6) is 0. The fourth-order valence-corrected chi connectivity index (χ4v) is 2.81. The molecule has 0 amide bonds. The molecule has 2 atom stereocenters. The molecular weight excluding hydrogens is 242 g/mol. The van der Waals surface area contributed by atoms with Crippen molar-refractivity contribution in [1.29, 1.82) is 0 Å². The maximum Gasteiger partial charge on any atom is 0.0472 e. The van der Waals surface area contributed by atoms with Crippen LogP contribution in [0.25, 0.3) is 0 Å². The zero-order chi connectivity index (χ0) is 13.4. The minimum Gasteiger partial charge on any atom is -0.385 e. The summed E-state index contributed by atoms with van der Waals surface area (Å²) in [6.45, 7) is 8.43. The molecule has 0 saturated carbocycles. The second-order valence-electron chi connectivity index (χ2n) is 4.56. The van der Waals surface area contributed by atoms with Crippen LogP contribution in [0.5, 0.6) is 0 Å². The van der Waals surface area contributed by atoms with Gasteiger partial charge in [0.25, 0.3) is 0 Å². The molecule has 18 heavy (non-hydrogen) atoms. The quantitative estimate of drug-likeness (QED) is 0.722. The van der Waals surface area contributed by atoms with E-state index in [1.807, 2.05) is 11.8 Å². The fraction of sp³-hybridized carbons (Fsp3) is 0.600. The molecule has 1 aromatic rings. The summed E-state index contributed by atoms with van der Waals surface area (Å²) >= 11 is 1.92. The Balaban J connectivity index is 2.49. The van der Waals surface area contributed by atoms with Crippen molar-refractivity contribution in [2.75, 3.05) is 20.3 Å². The second-order valence-corrected chi connectivity index (χ2v) is 6.07. The van der Waals surface area contributed by atoms with Crippen molar-refractivity contribution >= 4 is 11.8 Å². The van der Waals surface area contributed by atoms with E-state index in [1.54, 1.807) is 7.11 Å². The zero-order valence-electron chi connectivity index (χ0n) is 11.9. The van der Waals surface area contributed by atoms with Crippen molar-refractivity contribution in [1.82, 2.24) is 5.32 Å². The molecule has 0 fully saturated rings. The highest BCUT2D eigenvalue weighted by molar-refractivity contribution is 7.99. The second kappa shape index (κ2) is 8.57. The van der Waals surface area contributed by atoms with Crippen LogP contribution in [-0.4, -0.2) is 25.5 Å². The molecule has 1 N–H and O–H groups in total. The number of benzene rings is 1. The molecular formula is C15H25NOS. The van der Waals surface area contributed by atoms with E-state index in [-0.39, 0.29) is 0 Å². The molecule has 0 radical (unpaired) electrons. The van der Waals surface area contributed by atoms with Crippen molar-refractivity contribution in [3.8, 4) is 0 Å². The average molecular weight is 267 g/mol. The molecule has 0 bridgehead atoms. The number of ether oxygens (including phenoxy) is 1. The van der Waals surface area contributed by atoms with Crippen LogP contribution in [0.2, 0.25) is 0 Å². The van der Waals surface area contributed by atoms with Gasteiger partial charge in [-0.1, -0.05) is 26.0 Å². The molecule has 102 valence electrons. The SMILES string of the molecule is CCNC(C)c1ccc(SC(C)CCOC)cc1. The van der Waals surface area contributed by atoms with Crippen LogP contribution in [0, 0.1) is 0 Å². The Kier molecular flexibility index (Phi) is 7.40. The first kappa shape index (κ1) is 15.5. The van der Waals surface area contributed by atoms with Gasteiger partial charge in [0.1, 0.15) is 0 Å². The van der Waals surface area contributed by atoms with Crippen molar-refractivity contribution in [3.05, 3.63) is 29.8 Å². The lowest BCUT2D eigenvalue weighted by Crippen LogP contribution is -2.17. The maximum absolute atomic E-state index is 5.11. The predicted octanol–water partition coefficient (Wildman–Crippen LogP) is 3.87. The van der Waals surface area contributed by atoms with E-state index in [9.17, 15) is 0 Å². The van der Waals surface area contributed by atoms with Gasteiger partial charge in [-0.05, 0) is 37.6 Å². The number of hydrogen-bond acceptors (Lipinski definition) is 3. The van der Waals surface area contributed by atoms with E-state index < -0.39 is 0 Å². The summed E-state index contributed by atoms with van der Waals surface area (Å²) in [7, 11) is 1.76. The van der Waals surface area contributed by atoms with E-state index in [1.165, 1.54) is 10.5 Å². The number of nitrogens with one attached hydrogen (secondary N) is 1. The molecule has 0 aliphatic heterocycles. The van der Waals surface area contributed by atoms with Gasteiger partial charge in [0, 0.05) is 29.9 Å². The molecule has 0 saturated heterocycles. The molecule has 3 heteroatoms. The summed E-state index contributed by atoms with van der Waals surface area (Å²) in [5, 5.41) is 4.03. The number of rotatable bonds is 8. The van der Waals surface area contributed by atoms with E-state index in [0.717, 1.165) is 19.6 Å². The Bertz CT molecular complexity index is 326. The number of hydrogen-bond donors (Lipinski definition) is 1. The first-order chi connectivity index (χ1) is 8.67. The van der Waals surface area contributed by atoms with Crippen LogP contribution < -0.4 is 5.32 Å². The van der Waals surface area contributed by atoms with Gasteiger partial charge in [0.05, 0.1) is 0 Å². The van der Waals surface area contributed by atoms with Gasteiger partial charge >= 0.3 is 0 Å². The van der Waals surface area contributed by atoms with Crippen LogP contribution in [0.3, 0.4) is 0 Å². The fourth-order valence-electron chi connectivity index (χ4n) is 1.83. The minimum atomic E-state index is 0.431. The first-order valence-electron chi connectivity index (χ1n) is 6.66. The van der Waals surface area contributed by atoms with Gasteiger partial charge in [0.2, 0.25) is 0 Å². The maximum atomic E-state index is 5.11. The molecule has 0 spiro atoms. The van der Waals surface area contributed by atoms with Crippen LogP contribution >= 0.6 is 11.8 Å². The van der Waals surface area contributed by atoms with E-state index >= 15 is 0 Å². The van der Waals surface area contributed by atoms with Crippen LogP contribution in [0.1, 0.15) is 38.8 Å². The molecule has 0 aliphatic carbocycles. The molecule has 0 aliphatic rings.